The van der Waals surface area contributed by atoms with E-state index >= 15 is 0 Å². The van der Waals surface area contributed by atoms with Gasteiger partial charge in [0.15, 0.2) is 0 Å². The van der Waals surface area contributed by atoms with Gasteiger partial charge in [-0.15, -0.1) is 0 Å². The Morgan fingerprint density at radius 2 is 1.77 bits per heavy atom. The van der Waals surface area contributed by atoms with Crippen LogP contribution in [-0.2, 0) is 0 Å². The second-order valence-corrected chi connectivity index (χ2v) is 7.64. The molecule has 2 fully saturated rings. The van der Waals surface area contributed by atoms with Crippen molar-refractivity contribution in [3.8, 4) is 0 Å². The quantitative estimate of drug-likeness (QED) is 0.696. The second kappa shape index (κ2) is 7.27. The fourth-order valence-electron chi connectivity index (χ4n) is 3.50. The van der Waals surface area contributed by atoms with E-state index in [9.17, 15) is 4.79 Å². The largest absolute Gasteiger partial charge is 0.336 e. The van der Waals surface area contributed by atoms with E-state index in [1.165, 1.54) is 29.5 Å². The molecule has 0 bridgehead atoms. The summed E-state index contributed by atoms with van der Waals surface area (Å²) in [6, 6.07) is 8.55. The molecule has 0 aromatic heterocycles. The minimum atomic E-state index is 0.178. The molecule has 1 aromatic rings. The third-order valence-electron chi connectivity index (χ3n) is 4.81. The first-order chi connectivity index (χ1) is 10.6. The molecule has 2 heterocycles. The summed E-state index contributed by atoms with van der Waals surface area (Å²) in [6.07, 6.45) is 2.60. The molecular formula is C17H24IN3O. The highest BCUT2D eigenvalue weighted by molar-refractivity contribution is 14.1. The van der Waals surface area contributed by atoms with Gasteiger partial charge in [-0.1, -0.05) is 0 Å². The predicted octanol–water partition coefficient (Wildman–Crippen LogP) is 2.14. The van der Waals surface area contributed by atoms with Gasteiger partial charge >= 0.3 is 0 Å². The number of nitrogens with zero attached hydrogens (tertiary/aromatic N) is 3. The van der Waals surface area contributed by atoms with Crippen LogP contribution in [0.3, 0.4) is 0 Å². The van der Waals surface area contributed by atoms with E-state index in [1.807, 2.05) is 29.2 Å². The van der Waals surface area contributed by atoms with Crippen LogP contribution >= 0.6 is 22.6 Å². The number of halogens is 1. The van der Waals surface area contributed by atoms with Gasteiger partial charge in [0.2, 0.25) is 0 Å². The summed E-state index contributed by atoms with van der Waals surface area (Å²) >= 11 is 2.27. The summed E-state index contributed by atoms with van der Waals surface area (Å²) in [5.41, 5.74) is 0.811. The molecule has 1 unspecified atom stereocenters. The third kappa shape index (κ3) is 3.81. The van der Waals surface area contributed by atoms with Gasteiger partial charge in [-0.3, -0.25) is 9.69 Å². The number of rotatable bonds is 2. The fourth-order valence-corrected chi connectivity index (χ4v) is 3.86. The summed E-state index contributed by atoms with van der Waals surface area (Å²) in [6.45, 7) is 6.12. The van der Waals surface area contributed by atoms with Crippen molar-refractivity contribution >= 4 is 28.5 Å². The molecule has 2 saturated heterocycles. The molecule has 1 atom stereocenters. The van der Waals surface area contributed by atoms with Gasteiger partial charge in [0.05, 0.1) is 0 Å². The Labute approximate surface area is 146 Å². The minimum absolute atomic E-state index is 0.178. The van der Waals surface area contributed by atoms with Crippen LogP contribution < -0.4 is 0 Å². The monoisotopic (exact) mass is 413 g/mol. The van der Waals surface area contributed by atoms with E-state index in [-0.39, 0.29) is 5.91 Å². The highest BCUT2D eigenvalue weighted by Gasteiger charge is 2.28. The van der Waals surface area contributed by atoms with Gasteiger partial charge in [0.1, 0.15) is 0 Å². The number of likely N-dealkylation sites (tertiary alicyclic amines) is 1. The first-order valence-corrected chi connectivity index (χ1v) is 9.19. The molecule has 0 spiro atoms. The van der Waals surface area contributed by atoms with Gasteiger partial charge in [0, 0.05) is 47.9 Å². The van der Waals surface area contributed by atoms with Crippen LogP contribution in [0, 0.1) is 3.57 Å². The Kier molecular flexibility index (Phi) is 5.36. The lowest BCUT2D eigenvalue weighted by Gasteiger charge is -2.42. The summed E-state index contributed by atoms with van der Waals surface area (Å²) < 4.78 is 1.17. The van der Waals surface area contributed by atoms with Gasteiger partial charge in [-0.2, -0.15) is 0 Å². The van der Waals surface area contributed by atoms with E-state index in [2.05, 4.69) is 39.4 Å². The number of hydrogen-bond acceptors (Lipinski definition) is 3. The Bertz CT molecular complexity index is 511. The summed E-state index contributed by atoms with van der Waals surface area (Å²) in [4.78, 5) is 19.6. The van der Waals surface area contributed by atoms with E-state index in [0.29, 0.717) is 6.04 Å². The van der Waals surface area contributed by atoms with Crippen molar-refractivity contribution in [3.63, 3.8) is 0 Å². The molecule has 0 radical (unpaired) electrons. The summed E-state index contributed by atoms with van der Waals surface area (Å²) in [5.74, 6) is 0.178. The van der Waals surface area contributed by atoms with Gasteiger partial charge < -0.3 is 9.80 Å². The van der Waals surface area contributed by atoms with Crippen LogP contribution in [0.1, 0.15) is 23.2 Å². The molecule has 4 nitrogen and oxygen atoms in total. The van der Waals surface area contributed by atoms with Crippen molar-refractivity contribution < 1.29 is 4.79 Å². The number of carbonyl (C=O) groups is 1. The molecule has 1 amide bonds. The lowest BCUT2D eigenvalue weighted by molar-refractivity contribution is 0.0452. The molecule has 2 aliphatic heterocycles. The van der Waals surface area contributed by atoms with Crippen LogP contribution in [0.15, 0.2) is 24.3 Å². The van der Waals surface area contributed by atoms with Crippen LogP contribution in [0.2, 0.25) is 0 Å². The second-order valence-electron chi connectivity index (χ2n) is 6.39. The molecule has 3 rings (SSSR count). The molecule has 5 heteroatoms. The Morgan fingerprint density at radius 3 is 2.41 bits per heavy atom. The molecule has 0 aliphatic carbocycles. The van der Waals surface area contributed by atoms with E-state index < -0.39 is 0 Å². The number of benzene rings is 1. The molecular weight excluding hydrogens is 389 g/mol. The highest BCUT2D eigenvalue weighted by atomic mass is 127. The fraction of sp³-hybridized carbons (Fsp3) is 0.588. The molecule has 120 valence electrons. The lowest BCUT2D eigenvalue weighted by atomic mass is 10.0. The first-order valence-electron chi connectivity index (χ1n) is 8.11. The van der Waals surface area contributed by atoms with Crippen LogP contribution in [0.25, 0.3) is 0 Å². The zero-order valence-electron chi connectivity index (χ0n) is 13.2. The molecule has 22 heavy (non-hydrogen) atoms. The molecule has 0 saturated carbocycles. The predicted molar refractivity (Wildman–Crippen MR) is 97.2 cm³/mol. The molecule has 1 aromatic carbocycles. The van der Waals surface area contributed by atoms with Gasteiger partial charge in [0.25, 0.3) is 5.91 Å². The van der Waals surface area contributed by atoms with Crippen LogP contribution in [0.5, 0.6) is 0 Å². The molecule has 2 aliphatic rings. The maximum Gasteiger partial charge on any atom is 0.253 e. The maximum atomic E-state index is 12.5. The van der Waals surface area contributed by atoms with Crippen molar-refractivity contribution in [2.24, 2.45) is 0 Å². The van der Waals surface area contributed by atoms with Crippen molar-refractivity contribution in [3.05, 3.63) is 33.4 Å². The maximum absolute atomic E-state index is 12.5. The van der Waals surface area contributed by atoms with Crippen molar-refractivity contribution in [2.75, 3.05) is 46.3 Å². The number of likely N-dealkylation sites (N-methyl/N-ethyl adjacent to an activating group) is 1. The highest BCUT2D eigenvalue weighted by Crippen LogP contribution is 2.18. The molecule has 0 N–H and O–H groups in total. The van der Waals surface area contributed by atoms with Crippen LogP contribution in [-0.4, -0.2) is 73.0 Å². The smallest absolute Gasteiger partial charge is 0.253 e. The SMILES string of the molecule is CN1CCCC(N2CCN(C(=O)c3ccc(I)cc3)CC2)C1. The Morgan fingerprint density at radius 1 is 1.09 bits per heavy atom. The zero-order chi connectivity index (χ0) is 15.5. The van der Waals surface area contributed by atoms with Gasteiger partial charge in [-0.05, 0) is 73.3 Å². The minimum Gasteiger partial charge on any atom is -0.336 e. The van der Waals surface area contributed by atoms with Crippen molar-refractivity contribution in [2.45, 2.75) is 18.9 Å². The van der Waals surface area contributed by atoms with Gasteiger partial charge in [-0.25, -0.2) is 0 Å². The summed E-state index contributed by atoms with van der Waals surface area (Å²) in [5, 5.41) is 0. The summed E-state index contributed by atoms with van der Waals surface area (Å²) in [7, 11) is 2.21. The van der Waals surface area contributed by atoms with Crippen LogP contribution in [0.4, 0.5) is 0 Å². The average Bonchev–Trinajstić information content (AvgIpc) is 2.55. The zero-order valence-corrected chi connectivity index (χ0v) is 15.3. The number of piperidine rings is 1. The lowest BCUT2D eigenvalue weighted by Crippen LogP contribution is -2.55. The van der Waals surface area contributed by atoms with Crippen molar-refractivity contribution in [1.82, 2.24) is 14.7 Å². The number of carbonyl (C=O) groups excluding carboxylic acids is 1. The normalized spacial score (nSPS) is 24.5. The third-order valence-corrected chi connectivity index (χ3v) is 5.53. The number of amides is 1. The average molecular weight is 413 g/mol. The topological polar surface area (TPSA) is 26.8 Å². The Balaban J connectivity index is 1.55. The van der Waals surface area contributed by atoms with E-state index in [0.717, 1.165) is 31.7 Å². The standard InChI is InChI=1S/C17H24IN3O/c1-19-8-2-3-16(13-19)20-9-11-21(12-10-20)17(22)14-4-6-15(18)7-5-14/h4-7,16H,2-3,8-13H2,1H3. The number of piperazine rings is 1. The first kappa shape index (κ1) is 16.2. The van der Waals surface area contributed by atoms with E-state index in [1.54, 1.807) is 0 Å². The van der Waals surface area contributed by atoms with Crippen molar-refractivity contribution in [1.29, 1.82) is 0 Å². The number of hydrogen-bond donors (Lipinski definition) is 0. The van der Waals surface area contributed by atoms with E-state index in [4.69, 9.17) is 0 Å². The Hall–Kier alpha value is -0.660.